The van der Waals surface area contributed by atoms with E-state index in [0.29, 0.717) is 51.9 Å². The van der Waals surface area contributed by atoms with Crippen LogP contribution in [0.25, 0.3) is 10.9 Å². The van der Waals surface area contributed by atoms with Gasteiger partial charge in [-0.25, -0.2) is 17.9 Å². The van der Waals surface area contributed by atoms with Gasteiger partial charge in [-0.15, -0.1) is 5.10 Å². The van der Waals surface area contributed by atoms with E-state index in [-0.39, 0.29) is 17.9 Å². The van der Waals surface area contributed by atoms with Gasteiger partial charge in [0.25, 0.3) is 0 Å². The van der Waals surface area contributed by atoms with Gasteiger partial charge < -0.3 is 10.6 Å². The van der Waals surface area contributed by atoms with Gasteiger partial charge in [-0.05, 0) is 55.5 Å². The van der Waals surface area contributed by atoms with Gasteiger partial charge in [0.1, 0.15) is 25.4 Å². The number of halogens is 4. The molecule has 0 saturated heterocycles. The average molecular weight is 550 g/mol. The van der Waals surface area contributed by atoms with Crippen molar-refractivity contribution in [3.63, 3.8) is 0 Å². The predicted molar refractivity (Wildman–Crippen MR) is 145 cm³/mol. The van der Waals surface area contributed by atoms with E-state index >= 15 is 0 Å². The van der Waals surface area contributed by atoms with Gasteiger partial charge in [-0.2, -0.15) is 5.26 Å². The van der Waals surface area contributed by atoms with Crippen LogP contribution in [0.1, 0.15) is 48.5 Å². The molecule has 1 atom stereocenters. The van der Waals surface area contributed by atoms with Crippen LogP contribution in [-0.4, -0.2) is 40.8 Å². The maximum atomic E-state index is 13.8. The summed E-state index contributed by atoms with van der Waals surface area (Å²) in [7, 11) is 1.92. The number of benzene rings is 2. The molecule has 4 aromatic rings. The third-order valence-electron chi connectivity index (χ3n) is 7.78. The molecule has 2 heterocycles. The summed E-state index contributed by atoms with van der Waals surface area (Å²) in [6.07, 6.45) is 3.76. The number of nitrogens with one attached hydrogen (secondary N) is 2. The van der Waals surface area contributed by atoms with Crippen molar-refractivity contribution in [3.05, 3.63) is 76.5 Å². The number of fused-ring (bicyclic) bond motifs is 1. The Kier molecular flexibility index (Phi) is 6.18. The molecule has 2 aromatic carbocycles. The average Bonchev–Trinajstić information content (AvgIpc) is 3.86. The fraction of sp³-hybridized carbons (Fsp3) is 0.333. The highest BCUT2D eigenvalue weighted by Gasteiger charge is 2.51. The van der Waals surface area contributed by atoms with Gasteiger partial charge in [-0.3, -0.25) is 4.98 Å². The third-order valence-corrected chi connectivity index (χ3v) is 8.07. The van der Waals surface area contributed by atoms with Crippen molar-refractivity contribution >= 4 is 41.7 Å². The van der Waals surface area contributed by atoms with E-state index in [0.717, 1.165) is 18.4 Å². The number of aromatic nitrogens is 4. The van der Waals surface area contributed by atoms with E-state index in [2.05, 4.69) is 32.0 Å². The van der Waals surface area contributed by atoms with E-state index in [9.17, 15) is 18.4 Å². The first-order valence-corrected chi connectivity index (χ1v) is 13.1. The zero-order chi connectivity index (χ0) is 27.4. The highest BCUT2D eigenvalue weighted by Crippen LogP contribution is 2.51. The van der Waals surface area contributed by atoms with Crippen LogP contribution in [0.5, 0.6) is 0 Å². The fourth-order valence-corrected chi connectivity index (χ4v) is 5.15. The van der Waals surface area contributed by atoms with E-state index in [1.54, 1.807) is 24.3 Å². The minimum Gasteiger partial charge on any atom is -0.383 e. The van der Waals surface area contributed by atoms with Crippen molar-refractivity contribution in [2.75, 3.05) is 17.2 Å². The summed E-state index contributed by atoms with van der Waals surface area (Å²) >= 11 is 6.66. The first kappa shape index (κ1) is 25.5. The zero-order valence-electron chi connectivity index (χ0n) is 21.1. The van der Waals surface area contributed by atoms with Gasteiger partial charge in [0.2, 0.25) is 6.43 Å². The van der Waals surface area contributed by atoms with Crippen LogP contribution in [0, 0.1) is 22.6 Å². The largest absolute Gasteiger partial charge is 0.383 e. The molecule has 12 heteroatoms. The first-order valence-electron chi connectivity index (χ1n) is 12.7. The van der Waals surface area contributed by atoms with E-state index in [1.165, 1.54) is 18.3 Å². The summed E-state index contributed by atoms with van der Waals surface area (Å²) in [4.78, 5) is 4.36. The molecule has 2 saturated carbocycles. The quantitative estimate of drug-likeness (QED) is 0.278. The molecule has 0 amide bonds. The molecule has 2 aliphatic rings. The molecule has 0 aliphatic heterocycles. The van der Waals surface area contributed by atoms with Crippen molar-refractivity contribution in [2.24, 2.45) is 5.41 Å². The summed E-state index contributed by atoms with van der Waals surface area (Å²) in [5.74, 6) is -0.362. The third kappa shape index (κ3) is 4.67. The van der Waals surface area contributed by atoms with Crippen molar-refractivity contribution in [1.29, 1.82) is 5.26 Å². The second-order valence-corrected chi connectivity index (χ2v) is 11.0. The number of alkyl halides is 2. The normalized spacial score (nSPS) is 17.5. The molecule has 198 valence electrons. The van der Waals surface area contributed by atoms with E-state index in [4.69, 9.17) is 11.6 Å². The zero-order valence-corrected chi connectivity index (χ0v) is 21.8. The summed E-state index contributed by atoms with van der Waals surface area (Å²) in [6.45, 7) is 0.0330. The van der Waals surface area contributed by atoms with Crippen LogP contribution in [0.4, 0.5) is 24.5 Å². The molecule has 2 N–H and O–H groups in total. The molecule has 7 nitrogen and oxygen atoms in total. The Balaban J connectivity index is 1.43. The number of anilines is 2. The van der Waals surface area contributed by atoms with Crippen LogP contribution in [0.2, 0.25) is 5.02 Å². The van der Waals surface area contributed by atoms with E-state index < -0.39 is 17.3 Å². The van der Waals surface area contributed by atoms with Gasteiger partial charge >= 0.3 is 0 Å². The Labute approximate surface area is 228 Å². The number of nitrogens with zero attached hydrogens (tertiary/aromatic N) is 5. The standard InChI is InChI=1S/C27H24BClF3N7/c28-27(16-1-3-17(30)4-2-16,22-13-39(38-37-22)19-5-6-19)36-18-9-20-23(35-14-26(7-8-26)25(31)32)15(11-33)12-34-24(20)21(29)10-18/h1-4,9-10,12-13,19,25,36H,5-8,14,28H2,(H,34,35). The molecule has 1 unspecified atom stereocenters. The molecule has 2 aliphatic carbocycles. The number of hydrogen-bond acceptors (Lipinski definition) is 6. The Morgan fingerprint density at radius 1 is 1.23 bits per heavy atom. The lowest BCUT2D eigenvalue weighted by atomic mass is 9.69. The molecular weight excluding hydrogens is 526 g/mol. The second-order valence-electron chi connectivity index (χ2n) is 10.6. The Bertz CT molecular complexity index is 1600. The van der Waals surface area contributed by atoms with Crippen molar-refractivity contribution in [1.82, 2.24) is 20.0 Å². The van der Waals surface area contributed by atoms with Crippen molar-refractivity contribution in [3.8, 4) is 6.07 Å². The molecule has 0 bridgehead atoms. The Morgan fingerprint density at radius 3 is 2.62 bits per heavy atom. The highest BCUT2D eigenvalue weighted by atomic mass is 35.5. The van der Waals surface area contributed by atoms with Gasteiger partial charge in [-0.1, -0.05) is 28.9 Å². The lowest BCUT2D eigenvalue weighted by Crippen LogP contribution is -2.37. The number of hydrogen-bond donors (Lipinski definition) is 2. The van der Waals surface area contributed by atoms with Crippen molar-refractivity contribution < 1.29 is 13.2 Å². The SMILES string of the molecule is BC(Nc1cc(Cl)c2ncc(C#N)c(NCC3(C(F)F)CC3)c2c1)(c1ccc(F)cc1)c1cn(C2CC2)nn1. The van der Waals surface area contributed by atoms with Crippen LogP contribution in [-0.2, 0) is 5.44 Å². The minimum absolute atomic E-state index is 0.0330. The van der Waals surface area contributed by atoms with Crippen LogP contribution >= 0.6 is 11.6 Å². The van der Waals surface area contributed by atoms with Crippen molar-refractivity contribution in [2.45, 2.75) is 43.6 Å². The monoisotopic (exact) mass is 549 g/mol. The van der Waals surface area contributed by atoms with Gasteiger partial charge in [0, 0.05) is 29.2 Å². The lowest BCUT2D eigenvalue weighted by Gasteiger charge is -2.31. The molecule has 39 heavy (non-hydrogen) atoms. The minimum atomic E-state index is -2.45. The Morgan fingerprint density at radius 2 is 1.97 bits per heavy atom. The number of rotatable bonds is 9. The number of pyridine rings is 1. The van der Waals surface area contributed by atoms with Gasteiger partial charge in [0.05, 0.1) is 39.5 Å². The van der Waals surface area contributed by atoms with E-state index in [1.807, 2.05) is 18.7 Å². The Hall–Kier alpha value is -3.78. The van der Waals surface area contributed by atoms with Crippen LogP contribution in [0.15, 0.2) is 48.8 Å². The molecule has 2 aromatic heterocycles. The molecule has 6 rings (SSSR count). The predicted octanol–water partition coefficient (Wildman–Crippen LogP) is 5.23. The van der Waals surface area contributed by atoms with Gasteiger partial charge in [0.15, 0.2) is 0 Å². The second kappa shape index (κ2) is 9.45. The molecule has 2 fully saturated rings. The molecule has 0 spiro atoms. The summed E-state index contributed by atoms with van der Waals surface area (Å²) in [6, 6.07) is 12.1. The maximum absolute atomic E-state index is 13.8. The smallest absolute Gasteiger partial charge is 0.245 e. The fourth-order valence-electron chi connectivity index (χ4n) is 4.88. The molecular formula is C27H24BClF3N7. The summed E-state index contributed by atoms with van der Waals surface area (Å²) < 4.78 is 42.9. The highest BCUT2D eigenvalue weighted by molar-refractivity contribution is 6.36. The maximum Gasteiger partial charge on any atom is 0.245 e. The summed E-state index contributed by atoms with van der Waals surface area (Å²) in [5, 5.41) is 26.0. The van der Waals surface area contributed by atoms with Crippen LogP contribution in [0.3, 0.4) is 0 Å². The first-order chi connectivity index (χ1) is 18.7. The van der Waals surface area contributed by atoms with Crippen LogP contribution < -0.4 is 10.6 Å². The summed E-state index contributed by atoms with van der Waals surface area (Å²) in [5.41, 5.74) is 1.02. The topological polar surface area (TPSA) is 91.5 Å². The molecule has 0 radical (unpaired) electrons. The lowest BCUT2D eigenvalue weighted by molar-refractivity contribution is 0.0688. The number of nitriles is 1.